The number of carbonyl (C=O) groups excluding carboxylic acids is 1. The van der Waals surface area contributed by atoms with Crippen LogP contribution in [0.1, 0.15) is 44.2 Å². The minimum absolute atomic E-state index is 0.114. The van der Waals surface area contributed by atoms with Crippen LogP contribution in [0.5, 0.6) is 5.88 Å². The van der Waals surface area contributed by atoms with Crippen molar-refractivity contribution < 1.29 is 9.53 Å². The molecule has 4 rings (SSSR count). The number of nitrogens with one attached hydrogen (secondary N) is 1. The van der Waals surface area contributed by atoms with Crippen molar-refractivity contribution in [3.63, 3.8) is 0 Å². The number of benzene rings is 1. The summed E-state index contributed by atoms with van der Waals surface area (Å²) in [7, 11) is 1.60. The van der Waals surface area contributed by atoms with E-state index in [0.29, 0.717) is 17.5 Å². The van der Waals surface area contributed by atoms with E-state index in [1.54, 1.807) is 13.3 Å². The lowest BCUT2D eigenvalue weighted by molar-refractivity contribution is -0.114. The van der Waals surface area contributed by atoms with E-state index in [9.17, 15) is 10.1 Å². The third-order valence-corrected chi connectivity index (χ3v) is 5.34. The minimum Gasteiger partial charge on any atom is -0.480 e. The van der Waals surface area contributed by atoms with Gasteiger partial charge in [0.2, 0.25) is 11.8 Å². The van der Waals surface area contributed by atoms with Gasteiger partial charge in [-0.15, -0.1) is 0 Å². The van der Waals surface area contributed by atoms with E-state index in [-0.39, 0.29) is 5.91 Å². The molecule has 1 amide bonds. The molecule has 1 aliphatic rings. The molecule has 0 unspecified atom stereocenters. The molecule has 0 radical (unpaired) electrons. The highest BCUT2D eigenvalue weighted by Crippen LogP contribution is 2.42. The lowest BCUT2D eigenvalue weighted by atomic mass is 10.0. The van der Waals surface area contributed by atoms with Crippen LogP contribution in [-0.4, -0.2) is 22.6 Å². The Morgan fingerprint density at radius 2 is 2.14 bits per heavy atom. The molecule has 1 aliphatic carbocycles. The monoisotopic (exact) mass is 374 g/mol. The molecule has 6 nitrogen and oxygen atoms in total. The van der Waals surface area contributed by atoms with Crippen molar-refractivity contribution in [2.45, 2.75) is 38.6 Å². The molecule has 142 valence electrons. The molecule has 28 heavy (non-hydrogen) atoms. The van der Waals surface area contributed by atoms with Crippen molar-refractivity contribution in [2.24, 2.45) is 0 Å². The number of anilines is 1. The van der Waals surface area contributed by atoms with Gasteiger partial charge in [-0.25, -0.2) is 4.98 Å². The first kappa shape index (κ1) is 18.1. The highest BCUT2D eigenvalue weighted by molar-refractivity contribution is 6.02. The number of ether oxygens (including phenoxy) is 1. The molecule has 2 heterocycles. The molecular weight excluding hydrogens is 352 g/mol. The Morgan fingerprint density at radius 1 is 1.36 bits per heavy atom. The summed E-state index contributed by atoms with van der Waals surface area (Å²) >= 11 is 0. The van der Waals surface area contributed by atoms with Crippen LogP contribution >= 0.6 is 0 Å². The number of hydrogen-bond acceptors (Lipinski definition) is 4. The molecule has 1 fully saturated rings. The minimum atomic E-state index is -0.114. The van der Waals surface area contributed by atoms with Gasteiger partial charge in [0.1, 0.15) is 6.07 Å². The van der Waals surface area contributed by atoms with Crippen LogP contribution in [-0.2, 0) is 4.79 Å². The Hall–Kier alpha value is -3.33. The number of methoxy groups -OCH3 is 1. The van der Waals surface area contributed by atoms with Crippen LogP contribution in [0, 0.1) is 11.3 Å². The molecule has 6 heteroatoms. The van der Waals surface area contributed by atoms with Gasteiger partial charge in [0.05, 0.1) is 29.8 Å². The SMILES string of the molecule is COc1ncc(C#N)c2c1c(-c1cccc(NC(C)=O)c1)cn2C1CCCC1. The maximum Gasteiger partial charge on any atom is 0.223 e. The Bertz CT molecular complexity index is 1090. The average Bonchev–Trinajstić information content (AvgIpc) is 3.35. The maximum atomic E-state index is 11.5. The summed E-state index contributed by atoms with van der Waals surface area (Å²) in [6, 6.07) is 10.4. The van der Waals surface area contributed by atoms with E-state index in [2.05, 4.69) is 27.1 Å². The lowest BCUT2D eigenvalue weighted by Gasteiger charge is -2.14. The van der Waals surface area contributed by atoms with Gasteiger partial charge in [-0.3, -0.25) is 4.79 Å². The van der Waals surface area contributed by atoms with Crippen molar-refractivity contribution >= 4 is 22.5 Å². The highest BCUT2D eigenvalue weighted by atomic mass is 16.5. The fourth-order valence-corrected chi connectivity index (χ4v) is 4.16. The number of amides is 1. The van der Waals surface area contributed by atoms with Crippen LogP contribution in [0.15, 0.2) is 36.7 Å². The van der Waals surface area contributed by atoms with E-state index in [4.69, 9.17) is 4.74 Å². The second kappa shape index (κ2) is 7.35. The van der Waals surface area contributed by atoms with Gasteiger partial charge in [-0.05, 0) is 30.5 Å². The molecule has 1 saturated carbocycles. The van der Waals surface area contributed by atoms with Crippen molar-refractivity contribution in [1.82, 2.24) is 9.55 Å². The second-order valence-electron chi connectivity index (χ2n) is 7.17. The van der Waals surface area contributed by atoms with Gasteiger partial charge in [0.15, 0.2) is 0 Å². The largest absolute Gasteiger partial charge is 0.480 e. The second-order valence-corrected chi connectivity index (χ2v) is 7.17. The number of fused-ring (bicyclic) bond motifs is 1. The van der Waals surface area contributed by atoms with Gasteiger partial charge in [-0.1, -0.05) is 25.0 Å². The normalized spacial score (nSPS) is 14.2. The molecule has 3 aromatic rings. The lowest BCUT2D eigenvalue weighted by Crippen LogP contribution is -2.05. The average molecular weight is 374 g/mol. The predicted octanol–water partition coefficient (Wildman–Crippen LogP) is 4.66. The quantitative estimate of drug-likeness (QED) is 0.720. The zero-order valence-electron chi connectivity index (χ0n) is 16.0. The molecule has 0 aliphatic heterocycles. The molecule has 2 aromatic heterocycles. The summed E-state index contributed by atoms with van der Waals surface area (Å²) < 4.78 is 7.78. The molecule has 0 atom stereocenters. The number of rotatable bonds is 4. The highest BCUT2D eigenvalue weighted by Gasteiger charge is 2.25. The molecule has 0 spiro atoms. The number of nitrogens with zero attached hydrogens (tertiary/aromatic N) is 3. The Kier molecular flexibility index (Phi) is 4.74. The summed E-state index contributed by atoms with van der Waals surface area (Å²) in [6.45, 7) is 1.49. The topological polar surface area (TPSA) is 79.9 Å². The summed E-state index contributed by atoms with van der Waals surface area (Å²) in [5, 5.41) is 13.4. The summed E-state index contributed by atoms with van der Waals surface area (Å²) in [4.78, 5) is 15.8. The van der Waals surface area contributed by atoms with Crippen LogP contribution in [0.25, 0.3) is 22.0 Å². The zero-order valence-corrected chi connectivity index (χ0v) is 16.0. The first-order valence-electron chi connectivity index (χ1n) is 9.48. The Labute approximate surface area is 163 Å². The molecule has 1 N–H and O–H groups in total. The number of nitriles is 1. The summed E-state index contributed by atoms with van der Waals surface area (Å²) in [5.74, 6) is 0.391. The van der Waals surface area contributed by atoms with Gasteiger partial charge < -0.3 is 14.6 Å². The van der Waals surface area contributed by atoms with Crippen molar-refractivity contribution in [3.8, 4) is 23.1 Å². The number of pyridine rings is 1. The molecule has 0 bridgehead atoms. The van der Waals surface area contributed by atoms with E-state index in [1.807, 2.05) is 24.3 Å². The smallest absolute Gasteiger partial charge is 0.223 e. The standard InChI is InChI=1S/C22H22N4O2/c1-14(27)25-17-7-5-6-15(10-17)19-13-26(18-8-3-4-9-18)21-16(11-23)12-24-22(28-2)20(19)21/h5-7,10,12-13,18H,3-4,8-9H2,1-2H3,(H,25,27). The first-order chi connectivity index (χ1) is 13.6. The van der Waals surface area contributed by atoms with Crippen LogP contribution < -0.4 is 10.1 Å². The number of aromatic nitrogens is 2. The third-order valence-electron chi connectivity index (χ3n) is 5.34. The van der Waals surface area contributed by atoms with Crippen LogP contribution in [0.4, 0.5) is 5.69 Å². The van der Waals surface area contributed by atoms with E-state index < -0.39 is 0 Å². The van der Waals surface area contributed by atoms with E-state index >= 15 is 0 Å². The first-order valence-corrected chi connectivity index (χ1v) is 9.48. The van der Waals surface area contributed by atoms with Crippen LogP contribution in [0.2, 0.25) is 0 Å². The van der Waals surface area contributed by atoms with Gasteiger partial charge in [0, 0.05) is 30.4 Å². The molecular formula is C22H22N4O2. The summed E-state index contributed by atoms with van der Waals surface area (Å²) in [5.41, 5.74) is 4.06. The van der Waals surface area contributed by atoms with Crippen molar-refractivity contribution in [3.05, 3.63) is 42.2 Å². The number of hydrogen-bond donors (Lipinski definition) is 1. The van der Waals surface area contributed by atoms with Gasteiger partial charge in [-0.2, -0.15) is 5.26 Å². The zero-order chi connectivity index (χ0) is 19.7. The van der Waals surface area contributed by atoms with E-state index in [0.717, 1.165) is 40.6 Å². The molecule has 1 aromatic carbocycles. The molecule has 0 saturated heterocycles. The third kappa shape index (κ3) is 3.09. The Balaban J connectivity index is 1.98. The fraction of sp³-hybridized carbons (Fsp3) is 0.318. The maximum absolute atomic E-state index is 11.5. The fourth-order valence-electron chi connectivity index (χ4n) is 4.16. The Morgan fingerprint density at radius 3 is 2.82 bits per heavy atom. The van der Waals surface area contributed by atoms with Gasteiger partial charge in [0.25, 0.3) is 0 Å². The van der Waals surface area contributed by atoms with Crippen molar-refractivity contribution in [2.75, 3.05) is 12.4 Å². The van der Waals surface area contributed by atoms with Gasteiger partial charge >= 0.3 is 0 Å². The summed E-state index contributed by atoms with van der Waals surface area (Å²) in [6.07, 6.45) is 8.29. The predicted molar refractivity (Wildman–Crippen MR) is 108 cm³/mol. The van der Waals surface area contributed by atoms with Crippen LogP contribution in [0.3, 0.4) is 0 Å². The van der Waals surface area contributed by atoms with E-state index in [1.165, 1.54) is 19.8 Å². The van der Waals surface area contributed by atoms with Crippen molar-refractivity contribution in [1.29, 1.82) is 5.26 Å². The number of carbonyl (C=O) groups is 1.